The lowest BCUT2D eigenvalue weighted by Gasteiger charge is -2.54. The Morgan fingerprint density at radius 2 is 1.31 bits per heavy atom. The van der Waals surface area contributed by atoms with Gasteiger partial charge in [0.1, 0.15) is 12.6 Å². The maximum absolute atomic E-state index is 15.2. The number of imide groups is 1. The van der Waals surface area contributed by atoms with E-state index >= 15 is 9.59 Å². The third-order valence-corrected chi connectivity index (χ3v) is 8.77. The van der Waals surface area contributed by atoms with Crippen LogP contribution in [0.4, 0.5) is 21.0 Å². The number of hydrogen-bond donors (Lipinski definition) is 1. The van der Waals surface area contributed by atoms with E-state index in [9.17, 15) is 9.59 Å². The Hall–Kier alpha value is -5.96. The van der Waals surface area contributed by atoms with E-state index in [4.69, 9.17) is 0 Å². The SMILES string of the molecule is C=CCN(C(=O)CN1C(=O)N(c2ccccc2)C(=O)N(c2ccccc2)C1(/C=C/c1ccccc1)c1ccccc1)C(C(=O)NC(C)(C)C)C(C)C. The molecule has 1 aliphatic rings. The molecule has 9 nitrogen and oxygen atoms in total. The van der Waals surface area contributed by atoms with Gasteiger partial charge in [0.2, 0.25) is 11.8 Å². The van der Waals surface area contributed by atoms with Gasteiger partial charge in [0.15, 0.2) is 5.66 Å². The number of carbonyl (C=O) groups excluding carboxylic acids is 4. The average Bonchev–Trinajstić information content (AvgIpc) is 3.12. The Bertz CT molecular complexity index is 1890. The minimum absolute atomic E-state index is 0.0587. The Morgan fingerprint density at radius 3 is 1.83 bits per heavy atom. The van der Waals surface area contributed by atoms with E-state index in [2.05, 4.69) is 11.9 Å². The van der Waals surface area contributed by atoms with E-state index in [0.29, 0.717) is 16.9 Å². The zero-order valence-electron chi connectivity index (χ0n) is 30.5. The zero-order valence-corrected chi connectivity index (χ0v) is 30.5. The maximum Gasteiger partial charge on any atom is 0.339 e. The molecule has 1 N–H and O–H groups in total. The molecule has 4 aromatic rings. The van der Waals surface area contributed by atoms with Gasteiger partial charge in [-0.3, -0.25) is 19.4 Å². The Kier molecular flexibility index (Phi) is 11.4. The highest BCUT2D eigenvalue weighted by molar-refractivity contribution is 6.22. The van der Waals surface area contributed by atoms with Crippen molar-refractivity contribution in [3.05, 3.63) is 151 Å². The highest BCUT2D eigenvalue weighted by atomic mass is 16.2. The molecule has 0 aromatic heterocycles. The second kappa shape index (κ2) is 15.9. The number of rotatable bonds is 12. The third-order valence-electron chi connectivity index (χ3n) is 8.77. The molecule has 1 aliphatic heterocycles. The fourth-order valence-corrected chi connectivity index (χ4v) is 6.57. The number of amides is 6. The highest BCUT2D eigenvalue weighted by Crippen LogP contribution is 2.44. The number of hydrogen-bond acceptors (Lipinski definition) is 4. The number of carbonyl (C=O) groups is 4. The number of nitrogens with one attached hydrogen (secondary N) is 1. The van der Waals surface area contributed by atoms with Gasteiger partial charge in [-0.1, -0.05) is 123 Å². The molecular weight excluding hydrogens is 651 g/mol. The van der Waals surface area contributed by atoms with E-state index in [0.717, 1.165) is 10.5 Å². The van der Waals surface area contributed by atoms with E-state index in [-0.39, 0.29) is 18.4 Å². The third kappa shape index (κ3) is 7.84. The van der Waals surface area contributed by atoms with E-state index in [1.807, 2.05) is 120 Å². The lowest BCUT2D eigenvalue weighted by atomic mass is 9.91. The Balaban J connectivity index is 1.78. The maximum atomic E-state index is 15.2. The van der Waals surface area contributed by atoms with Gasteiger partial charge in [-0.2, -0.15) is 0 Å². The molecule has 1 heterocycles. The number of para-hydroxylation sites is 2. The van der Waals surface area contributed by atoms with Crippen molar-refractivity contribution >= 4 is 41.3 Å². The molecule has 0 saturated carbocycles. The number of anilines is 2. The predicted octanol–water partition coefficient (Wildman–Crippen LogP) is 8.08. The van der Waals surface area contributed by atoms with Crippen LogP contribution in [0.15, 0.2) is 140 Å². The molecule has 4 aromatic carbocycles. The minimum Gasteiger partial charge on any atom is -0.350 e. The molecule has 52 heavy (non-hydrogen) atoms. The summed E-state index contributed by atoms with van der Waals surface area (Å²) in [5, 5.41) is 3.03. The second-order valence-corrected chi connectivity index (χ2v) is 14.1. The van der Waals surface area contributed by atoms with Crippen LogP contribution in [0.25, 0.3) is 6.08 Å². The molecule has 1 fully saturated rings. The number of benzene rings is 4. The van der Waals surface area contributed by atoms with Crippen LogP contribution in [-0.2, 0) is 15.3 Å². The van der Waals surface area contributed by atoms with Crippen LogP contribution in [0.3, 0.4) is 0 Å². The van der Waals surface area contributed by atoms with E-state index in [1.54, 1.807) is 59.5 Å². The summed E-state index contributed by atoms with van der Waals surface area (Å²) in [5.41, 5.74) is 0.0652. The number of nitrogens with zero attached hydrogens (tertiary/aromatic N) is 4. The average molecular weight is 698 g/mol. The van der Waals surface area contributed by atoms with Crippen LogP contribution in [0.1, 0.15) is 45.7 Å². The molecule has 2 atom stereocenters. The standard InChI is InChI=1S/C43H47N5O4/c1-7-30-45(38(32(2)3)39(50)44-42(4,5)6)37(49)31-46-40(51)47(35-24-16-10-17-25-35)41(52)48(36-26-18-11-19-27-36)43(46,34-22-14-9-15-23-34)29-28-33-20-12-8-13-21-33/h7-29,32,38H,1,30-31H2,2-6H3,(H,44,50)/b29-28+. The van der Waals surface area contributed by atoms with E-state index in [1.165, 1.54) is 9.80 Å². The van der Waals surface area contributed by atoms with Crippen molar-refractivity contribution in [3.63, 3.8) is 0 Å². The fraction of sp³-hybridized carbons (Fsp3) is 0.256. The summed E-state index contributed by atoms with van der Waals surface area (Å²) in [6, 6.07) is 34.4. The van der Waals surface area contributed by atoms with Gasteiger partial charge in [0, 0.05) is 23.3 Å². The first-order valence-electron chi connectivity index (χ1n) is 17.5. The van der Waals surface area contributed by atoms with Crippen molar-refractivity contribution in [1.29, 1.82) is 0 Å². The smallest absolute Gasteiger partial charge is 0.339 e. The van der Waals surface area contributed by atoms with Gasteiger partial charge in [-0.15, -0.1) is 6.58 Å². The van der Waals surface area contributed by atoms with Gasteiger partial charge in [0.25, 0.3) is 0 Å². The normalized spacial score (nSPS) is 17.0. The van der Waals surface area contributed by atoms with Crippen molar-refractivity contribution in [3.8, 4) is 0 Å². The topological polar surface area (TPSA) is 93.3 Å². The summed E-state index contributed by atoms with van der Waals surface area (Å²) in [5.74, 6) is -1.07. The molecule has 9 heteroatoms. The van der Waals surface area contributed by atoms with Crippen LogP contribution in [-0.4, -0.2) is 58.3 Å². The molecule has 0 bridgehead atoms. The lowest BCUT2D eigenvalue weighted by molar-refractivity contribution is -0.143. The van der Waals surface area contributed by atoms with Gasteiger partial charge in [-0.25, -0.2) is 14.5 Å². The first kappa shape index (κ1) is 37.3. The van der Waals surface area contributed by atoms with Crippen molar-refractivity contribution < 1.29 is 19.2 Å². The van der Waals surface area contributed by atoms with E-state index < -0.39 is 41.8 Å². The van der Waals surface area contributed by atoms with Crippen LogP contribution >= 0.6 is 0 Å². The van der Waals surface area contributed by atoms with Crippen LogP contribution < -0.4 is 15.1 Å². The molecule has 1 saturated heterocycles. The summed E-state index contributed by atoms with van der Waals surface area (Å²) >= 11 is 0. The molecule has 268 valence electrons. The van der Waals surface area contributed by atoms with Crippen molar-refractivity contribution in [2.24, 2.45) is 5.92 Å². The first-order valence-corrected chi connectivity index (χ1v) is 17.5. The number of urea groups is 2. The minimum atomic E-state index is -1.64. The van der Waals surface area contributed by atoms with Gasteiger partial charge < -0.3 is 10.2 Å². The monoisotopic (exact) mass is 697 g/mol. The molecule has 6 amide bonds. The summed E-state index contributed by atoms with van der Waals surface area (Å²) in [4.78, 5) is 64.4. The summed E-state index contributed by atoms with van der Waals surface area (Å²) in [6.07, 6.45) is 5.24. The highest BCUT2D eigenvalue weighted by Gasteiger charge is 2.56. The van der Waals surface area contributed by atoms with Crippen LogP contribution in [0.5, 0.6) is 0 Å². The molecule has 0 aliphatic carbocycles. The molecule has 0 spiro atoms. The van der Waals surface area contributed by atoms with Crippen molar-refractivity contribution in [2.45, 2.75) is 51.9 Å². The largest absolute Gasteiger partial charge is 0.350 e. The van der Waals surface area contributed by atoms with Gasteiger partial charge in [-0.05, 0) is 62.6 Å². The Labute approximate surface area is 306 Å². The Morgan fingerprint density at radius 1 is 0.788 bits per heavy atom. The van der Waals surface area contributed by atoms with Crippen LogP contribution in [0, 0.1) is 5.92 Å². The lowest BCUT2D eigenvalue weighted by Crippen LogP contribution is -2.73. The first-order chi connectivity index (χ1) is 24.9. The van der Waals surface area contributed by atoms with Crippen molar-refractivity contribution in [1.82, 2.24) is 15.1 Å². The zero-order chi connectivity index (χ0) is 37.5. The summed E-state index contributed by atoms with van der Waals surface area (Å²) < 4.78 is 0. The van der Waals surface area contributed by atoms with Crippen molar-refractivity contribution in [2.75, 3.05) is 22.9 Å². The molecule has 5 rings (SSSR count). The van der Waals surface area contributed by atoms with Gasteiger partial charge in [0.05, 0.1) is 5.69 Å². The fourth-order valence-electron chi connectivity index (χ4n) is 6.57. The molecular formula is C43H47N5O4. The summed E-state index contributed by atoms with van der Waals surface area (Å²) in [7, 11) is 0. The summed E-state index contributed by atoms with van der Waals surface area (Å²) in [6.45, 7) is 12.9. The quantitative estimate of drug-likeness (QED) is 0.152. The second-order valence-electron chi connectivity index (χ2n) is 14.1. The predicted molar refractivity (Wildman–Crippen MR) is 207 cm³/mol. The molecule has 2 unspecified atom stereocenters. The van der Waals surface area contributed by atoms with Crippen LogP contribution in [0.2, 0.25) is 0 Å². The molecule has 0 radical (unpaired) electrons. The van der Waals surface area contributed by atoms with Gasteiger partial charge >= 0.3 is 12.1 Å².